The second kappa shape index (κ2) is 10.6. The Morgan fingerprint density at radius 1 is 0.489 bits per heavy atom. The summed E-state index contributed by atoms with van der Waals surface area (Å²) < 4.78 is 2.37. The molecular formula is C38H23N5S2. The number of fused-ring (bicyclic) bond motifs is 5. The van der Waals surface area contributed by atoms with Crippen LogP contribution < -0.4 is 0 Å². The van der Waals surface area contributed by atoms with Gasteiger partial charge in [0.2, 0.25) is 0 Å². The molecule has 0 fully saturated rings. The zero-order chi connectivity index (χ0) is 29.7. The van der Waals surface area contributed by atoms with E-state index in [9.17, 15) is 0 Å². The number of pyridine rings is 2. The Bertz CT molecular complexity index is 2480. The zero-order valence-electron chi connectivity index (χ0n) is 23.8. The highest BCUT2D eigenvalue weighted by Crippen LogP contribution is 2.42. The van der Waals surface area contributed by atoms with Gasteiger partial charge in [0.1, 0.15) is 10.0 Å². The molecule has 9 aromatic rings. The molecular weight excluding hydrogens is 591 g/mol. The number of hydrogen-bond donors (Lipinski definition) is 0. The summed E-state index contributed by atoms with van der Waals surface area (Å²) in [5, 5.41) is 10.6. The molecule has 212 valence electrons. The van der Waals surface area contributed by atoms with Crippen molar-refractivity contribution in [1.29, 1.82) is 0 Å². The number of benzene rings is 4. The summed E-state index contributed by atoms with van der Waals surface area (Å²) in [4.78, 5) is 19.1. The summed E-state index contributed by atoms with van der Waals surface area (Å²) in [7, 11) is 0. The highest BCUT2D eigenvalue weighted by molar-refractivity contribution is 7.13. The minimum absolute atomic E-state index is 0.882. The van der Waals surface area contributed by atoms with Crippen LogP contribution in [0.25, 0.3) is 82.2 Å². The van der Waals surface area contributed by atoms with Gasteiger partial charge in [-0.2, -0.15) is 0 Å². The first-order chi connectivity index (χ1) is 22.3. The van der Waals surface area contributed by atoms with Gasteiger partial charge >= 0.3 is 0 Å². The minimum Gasteiger partial charge on any atom is -0.309 e. The number of nitrogens with zero attached hydrogens (tertiary/aromatic N) is 5. The van der Waals surface area contributed by atoms with E-state index in [1.54, 1.807) is 22.7 Å². The van der Waals surface area contributed by atoms with E-state index in [-0.39, 0.29) is 0 Å². The first kappa shape index (κ1) is 25.9. The van der Waals surface area contributed by atoms with Crippen LogP contribution in [0.1, 0.15) is 0 Å². The summed E-state index contributed by atoms with van der Waals surface area (Å²) in [6.45, 7) is 0. The monoisotopic (exact) mass is 613 g/mol. The van der Waals surface area contributed by atoms with Gasteiger partial charge in [-0.05, 0) is 59.3 Å². The second-order valence-electron chi connectivity index (χ2n) is 10.8. The van der Waals surface area contributed by atoms with Crippen molar-refractivity contribution < 1.29 is 0 Å². The molecule has 0 saturated carbocycles. The largest absolute Gasteiger partial charge is 0.309 e. The molecule has 45 heavy (non-hydrogen) atoms. The Labute approximate surface area is 266 Å². The molecule has 5 nitrogen and oxygen atoms in total. The Balaban J connectivity index is 1.34. The van der Waals surface area contributed by atoms with Crippen molar-refractivity contribution in [1.82, 2.24) is 24.5 Å². The maximum Gasteiger partial charge on any atom is 0.141 e. The van der Waals surface area contributed by atoms with Gasteiger partial charge in [-0.3, -0.25) is 0 Å². The van der Waals surface area contributed by atoms with Gasteiger partial charge < -0.3 is 4.57 Å². The zero-order valence-corrected chi connectivity index (χ0v) is 25.5. The van der Waals surface area contributed by atoms with E-state index < -0.39 is 0 Å². The van der Waals surface area contributed by atoms with Crippen molar-refractivity contribution in [2.75, 3.05) is 0 Å². The number of thiazole rings is 2. The van der Waals surface area contributed by atoms with Crippen molar-refractivity contribution >= 4 is 55.3 Å². The lowest BCUT2D eigenvalue weighted by atomic mass is 9.96. The number of aromatic nitrogens is 5. The summed E-state index contributed by atoms with van der Waals surface area (Å²) in [5.41, 5.74) is 9.12. The predicted octanol–water partition coefficient (Wildman–Crippen LogP) is 10.3. The SMILES string of the molecule is c1ccc(-n2c3cc(-c4cccc(-c5nccs5)n4)ccc3c3c4ccccc4c(-c4cccc(-c5nccs5)n4)cc32)cc1. The third-order valence-corrected chi connectivity index (χ3v) is 9.75. The average molecular weight is 614 g/mol. The molecule has 0 spiro atoms. The first-order valence-corrected chi connectivity index (χ1v) is 16.4. The minimum atomic E-state index is 0.882. The fourth-order valence-corrected chi connectivity index (χ4v) is 7.44. The smallest absolute Gasteiger partial charge is 0.141 e. The Morgan fingerprint density at radius 2 is 1.13 bits per heavy atom. The summed E-state index contributed by atoms with van der Waals surface area (Å²) in [5.74, 6) is 0. The van der Waals surface area contributed by atoms with Gasteiger partial charge in [-0.15, -0.1) is 22.7 Å². The van der Waals surface area contributed by atoms with Crippen molar-refractivity contribution in [3.8, 4) is 49.6 Å². The van der Waals surface area contributed by atoms with Crippen LogP contribution >= 0.6 is 22.7 Å². The summed E-state index contributed by atoms with van der Waals surface area (Å²) >= 11 is 3.20. The number of para-hydroxylation sites is 1. The molecule has 7 heteroatoms. The third-order valence-electron chi connectivity index (χ3n) is 8.16. The van der Waals surface area contributed by atoms with Crippen LogP contribution in [0.15, 0.2) is 138 Å². The average Bonchev–Trinajstić information content (AvgIpc) is 3.90. The molecule has 0 radical (unpaired) electrons. The normalized spacial score (nSPS) is 11.6. The van der Waals surface area contributed by atoms with Crippen LogP contribution in [-0.2, 0) is 0 Å². The highest BCUT2D eigenvalue weighted by atomic mass is 32.1. The molecule has 0 N–H and O–H groups in total. The van der Waals surface area contributed by atoms with E-state index in [1.165, 1.54) is 21.5 Å². The highest BCUT2D eigenvalue weighted by Gasteiger charge is 2.19. The molecule has 0 unspecified atom stereocenters. The molecule has 0 aliphatic heterocycles. The molecule has 9 rings (SSSR count). The van der Waals surface area contributed by atoms with Crippen molar-refractivity contribution in [2.24, 2.45) is 0 Å². The van der Waals surface area contributed by atoms with Crippen LogP contribution in [0.2, 0.25) is 0 Å². The van der Waals surface area contributed by atoms with Crippen LogP contribution in [0.5, 0.6) is 0 Å². The first-order valence-electron chi connectivity index (χ1n) is 14.6. The van der Waals surface area contributed by atoms with Crippen molar-refractivity contribution in [2.45, 2.75) is 0 Å². The van der Waals surface area contributed by atoms with Crippen LogP contribution in [-0.4, -0.2) is 24.5 Å². The Morgan fingerprint density at radius 3 is 1.84 bits per heavy atom. The van der Waals surface area contributed by atoms with E-state index in [4.69, 9.17) is 9.97 Å². The number of rotatable bonds is 5. The second-order valence-corrected chi connectivity index (χ2v) is 12.5. The lowest BCUT2D eigenvalue weighted by Crippen LogP contribution is -1.95. The van der Waals surface area contributed by atoms with E-state index >= 15 is 0 Å². The molecule has 4 aromatic carbocycles. The Hall–Kier alpha value is -5.50. The number of hydrogen-bond acceptors (Lipinski definition) is 6. The lowest BCUT2D eigenvalue weighted by molar-refractivity contribution is 1.18. The topological polar surface area (TPSA) is 56.5 Å². The third kappa shape index (κ3) is 4.36. The van der Waals surface area contributed by atoms with Gasteiger partial charge in [-0.1, -0.05) is 66.7 Å². The fraction of sp³-hybridized carbons (Fsp3) is 0. The molecule has 0 aliphatic rings. The van der Waals surface area contributed by atoms with Crippen LogP contribution in [0.4, 0.5) is 0 Å². The fourth-order valence-electron chi connectivity index (χ4n) is 6.22. The quantitative estimate of drug-likeness (QED) is 0.194. The Kier molecular flexibility index (Phi) is 6.11. The van der Waals surface area contributed by atoms with Gasteiger partial charge in [0.15, 0.2) is 0 Å². The van der Waals surface area contributed by atoms with Crippen LogP contribution in [0.3, 0.4) is 0 Å². The van der Waals surface area contributed by atoms with E-state index in [0.717, 1.165) is 60.6 Å². The molecule has 0 saturated heterocycles. The summed E-state index contributed by atoms with van der Waals surface area (Å²) in [6, 6.07) is 40.6. The maximum absolute atomic E-state index is 5.11. The lowest BCUT2D eigenvalue weighted by Gasteiger charge is -2.12. The predicted molar refractivity (Wildman–Crippen MR) is 187 cm³/mol. The van der Waals surface area contributed by atoms with Gasteiger partial charge in [0.25, 0.3) is 0 Å². The van der Waals surface area contributed by atoms with Crippen molar-refractivity contribution in [3.05, 3.63) is 138 Å². The standard InChI is InChI=1S/C38H23N5S2/c1-2-8-25(9-3-1)43-34-22-24(30-12-6-14-32(41-30)37-39-18-20-44-37)16-17-28(34)36-27-11-5-4-10-26(27)29(23-35(36)43)31-13-7-15-33(42-31)38-40-19-21-45-38/h1-23H. The van der Waals surface area contributed by atoms with E-state index in [2.05, 4.69) is 118 Å². The molecule has 0 bridgehead atoms. The summed E-state index contributed by atoms with van der Waals surface area (Å²) in [6.07, 6.45) is 3.65. The van der Waals surface area contributed by atoms with Gasteiger partial charge in [0, 0.05) is 50.7 Å². The maximum atomic E-state index is 5.11. The molecule has 5 heterocycles. The van der Waals surface area contributed by atoms with Gasteiger partial charge in [0.05, 0.1) is 33.8 Å². The van der Waals surface area contributed by atoms with E-state index in [0.29, 0.717) is 0 Å². The van der Waals surface area contributed by atoms with Gasteiger partial charge in [-0.25, -0.2) is 19.9 Å². The van der Waals surface area contributed by atoms with Crippen molar-refractivity contribution in [3.63, 3.8) is 0 Å². The molecule has 0 amide bonds. The molecule has 0 atom stereocenters. The van der Waals surface area contributed by atoms with Crippen LogP contribution in [0, 0.1) is 0 Å². The molecule has 5 aromatic heterocycles. The molecule has 0 aliphatic carbocycles. The van der Waals surface area contributed by atoms with E-state index in [1.807, 2.05) is 35.3 Å².